The molecule has 0 aliphatic heterocycles. The lowest BCUT2D eigenvalue weighted by Gasteiger charge is -2.10. The van der Waals surface area contributed by atoms with Crippen molar-refractivity contribution >= 4 is 23.4 Å². The summed E-state index contributed by atoms with van der Waals surface area (Å²) in [6.07, 6.45) is 1.49. The van der Waals surface area contributed by atoms with Crippen LogP contribution in [0, 0.1) is 0 Å². The Bertz CT molecular complexity index is 656. The first kappa shape index (κ1) is 13.5. The van der Waals surface area contributed by atoms with Gasteiger partial charge >= 0.3 is 5.97 Å². The van der Waals surface area contributed by atoms with Crippen molar-refractivity contribution in [2.75, 3.05) is 18.2 Å². The number of para-hydroxylation sites is 1. The number of hydrogen-bond acceptors (Lipinski definition) is 5. The molecule has 0 radical (unpaired) electrons. The Hall–Kier alpha value is -2.89. The van der Waals surface area contributed by atoms with Gasteiger partial charge in [0.2, 0.25) is 0 Å². The molecule has 1 amide bonds. The van der Waals surface area contributed by atoms with Crippen molar-refractivity contribution in [3.05, 3.63) is 53.7 Å². The Balaban J connectivity index is 2.29. The van der Waals surface area contributed by atoms with Gasteiger partial charge in [0.05, 0.1) is 23.9 Å². The summed E-state index contributed by atoms with van der Waals surface area (Å²) in [5.41, 5.74) is 6.50. The zero-order valence-electron chi connectivity index (χ0n) is 10.8. The number of anilines is 2. The highest BCUT2D eigenvalue weighted by Gasteiger charge is 2.15. The van der Waals surface area contributed by atoms with Crippen LogP contribution in [0.2, 0.25) is 0 Å². The van der Waals surface area contributed by atoms with E-state index >= 15 is 0 Å². The predicted octanol–water partition coefficient (Wildman–Crippen LogP) is 1.70. The molecule has 1 heterocycles. The van der Waals surface area contributed by atoms with Crippen LogP contribution in [-0.4, -0.2) is 24.0 Å². The van der Waals surface area contributed by atoms with E-state index in [2.05, 4.69) is 15.0 Å². The molecular formula is C14H13N3O3. The number of carbonyl (C=O) groups is 2. The average molecular weight is 271 g/mol. The monoisotopic (exact) mass is 271 g/mol. The second-order valence-corrected chi connectivity index (χ2v) is 3.93. The maximum Gasteiger partial charge on any atom is 0.339 e. The van der Waals surface area contributed by atoms with Crippen molar-refractivity contribution in [2.24, 2.45) is 0 Å². The Labute approximate surface area is 115 Å². The number of esters is 1. The second-order valence-electron chi connectivity index (χ2n) is 3.93. The first-order valence-electron chi connectivity index (χ1n) is 5.82. The third-order valence-corrected chi connectivity index (χ3v) is 2.66. The molecule has 102 valence electrons. The van der Waals surface area contributed by atoms with Gasteiger partial charge in [-0.1, -0.05) is 12.1 Å². The fourth-order valence-electron chi connectivity index (χ4n) is 1.68. The number of ether oxygens (including phenoxy) is 1. The Kier molecular flexibility index (Phi) is 3.95. The van der Waals surface area contributed by atoms with E-state index in [-0.39, 0.29) is 16.9 Å². The molecule has 0 atom stereocenters. The fraction of sp³-hybridized carbons (Fsp3) is 0.0714. The van der Waals surface area contributed by atoms with Crippen molar-refractivity contribution in [1.82, 2.24) is 4.98 Å². The quantitative estimate of drug-likeness (QED) is 0.828. The van der Waals surface area contributed by atoms with E-state index in [1.807, 2.05) is 0 Å². The number of methoxy groups -OCH3 is 1. The molecule has 1 aromatic heterocycles. The number of rotatable bonds is 3. The van der Waals surface area contributed by atoms with E-state index in [0.29, 0.717) is 5.69 Å². The molecule has 3 N–H and O–H groups in total. The molecule has 2 aromatic rings. The van der Waals surface area contributed by atoms with Crippen molar-refractivity contribution in [2.45, 2.75) is 0 Å². The number of aromatic nitrogens is 1. The minimum Gasteiger partial charge on any atom is -0.465 e. The minimum atomic E-state index is -0.528. The van der Waals surface area contributed by atoms with E-state index in [1.165, 1.54) is 13.3 Å². The molecule has 0 unspecified atom stereocenters. The number of amides is 1. The van der Waals surface area contributed by atoms with Crippen molar-refractivity contribution < 1.29 is 14.3 Å². The highest BCUT2D eigenvalue weighted by Crippen LogP contribution is 2.18. The SMILES string of the molecule is COC(=O)c1ccccc1NC(=O)c1cccnc1N. The summed E-state index contributed by atoms with van der Waals surface area (Å²) in [5.74, 6) is -0.840. The van der Waals surface area contributed by atoms with E-state index in [4.69, 9.17) is 5.73 Å². The molecule has 0 saturated heterocycles. The number of nitrogens with one attached hydrogen (secondary N) is 1. The lowest BCUT2D eigenvalue weighted by atomic mass is 10.1. The van der Waals surface area contributed by atoms with Gasteiger partial charge in [0.1, 0.15) is 5.82 Å². The van der Waals surface area contributed by atoms with E-state index in [1.54, 1.807) is 36.4 Å². The average Bonchev–Trinajstić information content (AvgIpc) is 2.47. The number of hydrogen-bond donors (Lipinski definition) is 2. The summed E-state index contributed by atoms with van der Waals surface area (Å²) in [7, 11) is 1.28. The summed E-state index contributed by atoms with van der Waals surface area (Å²) in [5, 5.41) is 2.62. The van der Waals surface area contributed by atoms with Crippen LogP contribution < -0.4 is 11.1 Å². The molecule has 6 nitrogen and oxygen atoms in total. The van der Waals surface area contributed by atoms with Gasteiger partial charge < -0.3 is 15.8 Å². The summed E-state index contributed by atoms with van der Waals surface area (Å²) >= 11 is 0. The smallest absolute Gasteiger partial charge is 0.339 e. The molecule has 0 saturated carbocycles. The van der Waals surface area contributed by atoms with Gasteiger partial charge in [-0.3, -0.25) is 4.79 Å². The van der Waals surface area contributed by atoms with Crippen LogP contribution in [0.5, 0.6) is 0 Å². The number of nitrogen functional groups attached to an aromatic ring is 1. The first-order valence-corrected chi connectivity index (χ1v) is 5.82. The molecule has 0 bridgehead atoms. The molecule has 6 heteroatoms. The lowest BCUT2D eigenvalue weighted by Crippen LogP contribution is -2.17. The van der Waals surface area contributed by atoms with Crippen molar-refractivity contribution in [3.8, 4) is 0 Å². The topological polar surface area (TPSA) is 94.3 Å². The lowest BCUT2D eigenvalue weighted by molar-refractivity contribution is 0.0602. The zero-order chi connectivity index (χ0) is 14.5. The summed E-state index contributed by atoms with van der Waals surface area (Å²) in [6, 6.07) is 9.72. The molecule has 1 aromatic carbocycles. The minimum absolute atomic E-state index is 0.126. The van der Waals surface area contributed by atoms with Gasteiger partial charge in [0.25, 0.3) is 5.91 Å². The van der Waals surface area contributed by atoms with Crippen LogP contribution in [-0.2, 0) is 4.74 Å². The Morgan fingerprint density at radius 3 is 2.55 bits per heavy atom. The fourth-order valence-corrected chi connectivity index (χ4v) is 1.68. The normalized spacial score (nSPS) is 9.85. The number of carbonyl (C=O) groups excluding carboxylic acids is 2. The molecule has 0 fully saturated rings. The van der Waals surface area contributed by atoms with Gasteiger partial charge in [0, 0.05) is 6.20 Å². The molecule has 0 aliphatic rings. The number of pyridine rings is 1. The standard InChI is InChI=1S/C14H13N3O3/c1-20-14(19)9-5-2-3-7-11(9)17-13(18)10-6-4-8-16-12(10)15/h2-8H,1H3,(H2,15,16)(H,17,18). The zero-order valence-corrected chi connectivity index (χ0v) is 10.8. The van der Waals surface area contributed by atoms with Crippen LogP contribution in [0.4, 0.5) is 11.5 Å². The van der Waals surface area contributed by atoms with Gasteiger partial charge in [0.15, 0.2) is 0 Å². The molecule has 20 heavy (non-hydrogen) atoms. The van der Waals surface area contributed by atoms with E-state index < -0.39 is 11.9 Å². The van der Waals surface area contributed by atoms with Gasteiger partial charge in [-0.25, -0.2) is 9.78 Å². The summed E-state index contributed by atoms with van der Waals surface area (Å²) < 4.78 is 4.66. The largest absolute Gasteiger partial charge is 0.465 e. The molecule has 2 rings (SSSR count). The van der Waals surface area contributed by atoms with Crippen molar-refractivity contribution in [1.29, 1.82) is 0 Å². The Morgan fingerprint density at radius 1 is 1.15 bits per heavy atom. The third-order valence-electron chi connectivity index (χ3n) is 2.66. The van der Waals surface area contributed by atoms with Crippen LogP contribution in [0.15, 0.2) is 42.6 Å². The van der Waals surface area contributed by atoms with Crippen LogP contribution in [0.1, 0.15) is 20.7 Å². The predicted molar refractivity (Wildman–Crippen MR) is 74.4 cm³/mol. The third kappa shape index (κ3) is 2.74. The van der Waals surface area contributed by atoms with Gasteiger partial charge in [-0.2, -0.15) is 0 Å². The van der Waals surface area contributed by atoms with E-state index in [0.717, 1.165) is 0 Å². The van der Waals surface area contributed by atoms with Crippen LogP contribution in [0.25, 0.3) is 0 Å². The second kappa shape index (κ2) is 5.83. The highest BCUT2D eigenvalue weighted by molar-refractivity contribution is 6.09. The van der Waals surface area contributed by atoms with Gasteiger partial charge in [-0.05, 0) is 24.3 Å². The number of nitrogens with two attached hydrogens (primary N) is 1. The van der Waals surface area contributed by atoms with Crippen molar-refractivity contribution in [3.63, 3.8) is 0 Å². The van der Waals surface area contributed by atoms with Gasteiger partial charge in [-0.15, -0.1) is 0 Å². The molecular weight excluding hydrogens is 258 g/mol. The maximum absolute atomic E-state index is 12.1. The summed E-state index contributed by atoms with van der Waals surface area (Å²) in [6.45, 7) is 0. The molecule has 0 spiro atoms. The number of nitrogens with zero attached hydrogens (tertiary/aromatic N) is 1. The summed E-state index contributed by atoms with van der Waals surface area (Å²) in [4.78, 5) is 27.6. The maximum atomic E-state index is 12.1. The first-order chi connectivity index (χ1) is 9.63. The molecule has 0 aliphatic carbocycles. The Morgan fingerprint density at radius 2 is 1.85 bits per heavy atom. The highest BCUT2D eigenvalue weighted by atomic mass is 16.5. The van der Waals surface area contributed by atoms with Crippen LogP contribution >= 0.6 is 0 Å². The van der Waals surface area contributed by atoms with Crippen LogP contribution in [0.3, 0.4) is 0 Å². The van der Waals surface area contributed by atoms with E-state index in [9.17, 15) is 9.59 Å². The number of benzene rings is 1.